The molecule has 0 bridgehead atoms. The molecule has 0 atom stereocenters. The van der Waals surface area contributed by atoms with Crippen molar-refractivity contribution in [3.05, 3.63) is 60.4 Å². The lowest BCUT2D eigenvalue weighted by Crippen LogP contribution is -2.49. The molecule has 240 valence electrons. The summed E-state index contributed by atoms with van der Waals surface area (Å²) < 4.78 is 71.2. The van der Waals surface area contributed by atoms with Gasteiger partial charge in [-0.05, 0) is 50.9 Å². The predicted octanol–water partition coefficient (Wildman–Crippen LogP) is 4.54. The summed E-state index contributed by atoms with van der Waals surface area (Å²) in [6.07, 6.45) is 5.53. The normalized spacial score (nSPS) is 20.4. The molecule has 0 amide bonds. The SMILES string of the molecule is CN1CCN([C@H]2CC[C@@H](n3nc(-c4cccc(Oc5ccccc5CNS(=O)(=O)C(F)(F)F)c4)c4c(N)ncnc43)CC2)CC1. The minimum absolute atomic E-state index is 0.158. The number of sulfonamides is 1. The second-order valence-electron chi connectivity index (χ2n) is 11.6. The Kier molecular flexibility index (Phi) is 8.70. The molecule has 2 aromatic heterocycles. The number of nitrogens with one attached hydrogen (secondary N) is 1. The maximum absolute atomic E-state index is 12.8. The third-order valence-electron chi connectivity index (χ3n) is 8.65. The first-order chi connectivity index (χ1) is 21.5. The van der Waals surface area contributed by atoms with Gasteiger partial charge in [-0.1, -0.05) is 30.3 Å². The summed E-state index contributed by atoms with van der Waals surface area (Å²) in [7, 11) is -3.35. The fourth-order valence-electron chi connectivity index (χ4n) is 6.14. The van der Waals surface area contributed by atoms with Gasteiger partial charge < -0.3 is 15.4 Å². The molecule has 0 spiro atoms. The second kappa shape index (κ2) is 12.5. The van der Waals surface area contributed by atoms with Crippen molar-refractivity contribution in [2.24, 2.45) is 0 Å². The summed E-state index contributed by atoms with van der Waals surface area (Å²) in [5.41, 5.74) is 3.13. The van der Waals surface area contributed by atoms with E-state index in [1.807, 2.05) is 10.7 Å². The van der Waals surface area contributed by atoms with E-state index in [0.717, 1.165) is 51.9 Å². The molecule has 1 aliphatic carbocycles. The van der Waals surface area contributed by atoms with Crippen molar-refractivity contribution in [2.75, 3.05) is 39.0 Å². The number of rotatable bonds is 8. The van der Waals surface area contributed by atoms with Crippen molar-refractivity contribution in [1.29, 1.82) is 0 Å². The smallest absolute Gasteiger partial charge is 0.457 e. The number of nitrogens with two attached hydrogens (primary N) is 1. The van der Waals surface area contributed by atoms with Gasteiger partial charge in [0.1, 0.15) is 29.3 Å². The van der Waals surface area contributed by atoms with Crippen LogP contribution in [0, 0.1) is 0 Å². The van der Waals surface area contributed by atoms with Crippen LogP contribution >= 0.6 is 0 Å². The number of ether oxygens (including phenoxy) is 1. The van der Waals surface area contributed by atoms with Gasteiger partial charge in [-0.2, -0.15) is 18.3 Å². The van der Waals surface area contributed by atoms with Crippen molar-refractivity contribution in [2.45, 2.75) is 49.8 Å². The van der Waals surface area contributed by atoms with Crippen LogP contribution in [0.3, 0.4) is 0 Å². The Bertz CT molecular complexity index is 1770. The minimum Gasteiger partial charge on any atom is -0.457 e. The highest BCUT2D eigenvalue weighted by molar-refractivity contribution is 7.90. The Balaban J connectivity index is 1.24. The Morgan fingerprint density at radius 3 is 2.42 bits per heavy atom. The maximum Gasteiger partial charge on any atom is 0.511 e. The van der Waals surface area contributed by atoms with Gasteiger partial charge >= 0.3 is 15.5 Å². The van der Waals surface area contributed by atoms with E-state index in [1.54, 1.807) is 41.1 Å². The largest absolute Gasteiger partial charge is 0.511 e. The monoisotopic (exact) mass is 644 g/mol. The molecule has 2 aromatic carbocycles. The number of alkyl halides is 3. The number of hydrogen-bond acceptors (Lipinski definition) is 9. The van der Waals surface area contributed by atoms with Gasteiger partial charge in [0.15, 0.2) is 5.65 Å². The van der Waals surface area contributed by atoms with E-state index < -0.39 is 22.1 Å². The number of para-hydroxylation sites is 1. The lowest BCUT2D eigenvalue weighted by atomic mass is 9.90. The fraction of sp³-hybridized carbons (Fsp3) is 0.433. The summed E-state index contributed by atoms with van der Waals surface area (Å²) in [6.45, 7) is 3.77. The zero-order chi connectivity index (χ0) is 31.8. The standard InChI is InChI=1S/C30H35F3N8O3S/c1-39-13-15-40(16-14-39)22-9-11-23(12-10-22)41-29-26(28(34)35-19-36-29)27(38-41)20-6-4-7-24(17-20)44-25-8-3-2-5-21(25)18-37-45(42,43)30(31,32)33/h2-8,17,19,22-23,37H,9-16,18H2,1H3,(H2,34,35,36)/t22-,23+. The first kappa shape index (κ1) is 31.2. The van der Waals surface area contributed by atoms with Crippen LogP contribution in [-0.4, -0.2) is 82.7 Å². The molecule has 0 unspecified atom stereocenters. The molecule has 45 heavy (non-hydrogen) atoms. The van der Waals surface area contributed by atoms with Crippen LogP contribution in [0.5, 0.6) is 11.5 Å². The van der Waals surface area contributed by atoms with E-state index >= 15 is 0 Å². The zero-order valence-electron chi connectivity index (χ0n) is 24.7. The third kappa shape index (κ3) is 6.61. The summed E-state index contributed by atoms with van der Waals surface area (Å²) >= 11 is 0. The molecular formula is C30H35F3N8O3S. The highest BCUT2D eigenvalue weighted by atomic mass is 32.2. The maximum atomic E-state index is 12.8. The summed E-state index contributed by atoms with van der Waals surface area (Å²) in [5, 5.41) is 5.65. The van der Waals surface area contributed by atoms with E-state index in [9.17, 15) is 21.6 Å². The van der Waals surface area contributed by atoms with Gasteiger partial charge in [-0.3, -0.25) is 4.90 Å². The van der Waals surface area contributed by atoms with Crippen molar-refractivity contribution in [3.63, 3.8) is 0 Å². The summed E-state index contributed by atoms with van der Waals surface area (Å²) in [4.78, 5) is 13.8. The van der Waals surface area contributed by atoms with Crippen LogP contribution < -0.4 is 15.2 Å². The molecule has 4 aromatic rings. The van der Waals surface area contributed by atoms with Crippen molar-refractivity contribution < 1.29 is 26.3 Å². The van der Waals surface area contributed by atoms with Crippen molar-refractivity contribution in [3.8, 4) is 22.8 Å². The molecule has 2 aliphatic rings. The number of benzene rings is 2. The number of piperazine rings is 1. The van der Waals surface area contributed by atoms with Gasteiger partial charge in [0, 0.05) is 49.9 Å². The van der Waals surface area contributed by atoms with E-state index in [2.05, 4.69) is 26.8 Å². The van der Waals surface area contributed by atoms with Crippen molar-refractivity contribution >= 4 is 26.9 Å². The predicted molar refractivity (Wildman–Crippen MR) is 164 cm³/mol. The number of likely N-dealkylation sites (N-methyl/N-ethyl adjacent to an activating group) is 1. The average molecular weight is 645 g/mol. The Morgan fingerprint density at radius 2 is 1.69 bits per heavy atom. The molecule has 1 aliphatic heterocycles. The number of fused-ring (bicyclic) bond motifs is 1. The molecule has 3 heterocycles. The second-order valence-corrected chi connectivity index (χ2v) is 13.3. The van der Waals surface area contributed by atoms with Gasteiger partial charge in [-0.15, -0.1) is 0 Å². The molecule has 11 nitrogen and oxygen atoms in total. The Morgan fingerprint density at radius 1 is 0.978 bits per heavy atom. The molecule has 3 N–H and O–H groups in total. The molecule has 6 rings (SSSR count). The van der Waals surface area contributed by atoms with E-state index in [4.69, 9.17) is 15.6 Å². The van der Waals surface area contributed by atoms with Gasteiger partial charge in [0.2, 0.25) is 0 Å². The van der Waals surface area contributed by atoms with E-state index in [1.165, 1.54) is 12.4 Å². The number of anilines is 1. The zero-order valence-corrected chi connectivity index (χ0v) is 25.6. The van der Waals surface area contributed by atoms with E-state index in [-0.39, 0.29) is 17.4 Å². The molecule has 0 radical (unpaired) electrons. The molecular weight excluding hydrogens is 609 g/mol. The Hall–Kier alpha value is -3.79. The van der Waals surface area contributed by atoms with Crippen LogP contribution in [0.25, 0.3) is 22.3 Å². The molecule has 1 saturated heterocycles. The minimum atomic E-state index is -5.52. The van der Waals surface area contributed by atoms with E-state index in [0.29, 0.717) is 39.9 Å². The van der Waals surface area contributed by atoms with Crippen LogP contribution in [0.4, 0.5) is 19.0 Å². The number of halogens is 3. The molecule has 15 heteroatoms. The fourth-order valence-corrected chi connectivity index (χ4v) is 6.65. The topological polar surface area (TPSA) is 132 Å². The lowest BCUT2D eigenvalue weighted by Gasteiger charge is -2.41. The van der Waals surface area contributed by atoms with Crippen LogP contribution in [-0.2, 0) is 16.6 Å². The third-order valence-corrected chi connectivity index (χ3v) is 9.78. The van der Waals surface area contributed by atoms with Crippen LogP contribution in [0.1, 0.15) is 37.3 Å². The number of nitrogens with zero attached hydrogens (tertiary/aromatic N) is 6. The van der Waals surface area contributed by atoms with Crippen LogP contribution in [0.15, 0.2) is 54.9 Å². The van der Waals surface area contributed by atoms with Gasteiger partial charge in [-0.25, -0.2) is 27.8 Å². The highest BCUT2D eigenvalue weighted by Crippen LogP contribution is 2.38. The number of aromatic nitrogens is 4. The highest BCUT2D eigenvalue weighted by Gasteiger charge is 2.45. The Labute approximate surface area is 259 Å². The summed E-state index contributed by atoms with van der Waals surface area (Å²) in [5.74, 6) is 0.889. The van der Waals surface area contributed by atoms with Crippen molar-refractivity contribution in [1.82, 2.24) is 34.3 Å². The summed E-state index contributed by atoms with van der Waals surface area (Å²) in [6, 6.07) is 14.1. The van der Waals surface area contributed by atoms with Gasteiger partial charge in [0.05, 0.1) is 11.4 Å². The number of hydrogen-bond donors (Lipinski definition) is 2. The molecule has 1 saturated carbocycles. The average Bonchev–Trinajstić information content (AvgIpc) is 3.42. The number of nitrogen functional groups attached to an aromatic ring is 1. The lowest BCUT2D eigenvalue weighted by molar-refractivity contribution is -0.0448. The van der Waals surface area contributed by atoms with Crippen LogP contribution in [0.2, 0.25) is 0 Å². The molecule has 2 fully saturated rings. The quantitative estimate of drug-likeness (QED) is 0.284. The van der Waals surface area contributed by atoms with Gasteiger partial charge in [0.25, 0.3) is 0 Å². The first-order valence-corrected chi connectivity index (χ1v) is 16.3. The first-order valence-electron chi connectivity index (χ1n) is 14.8.